The molecular weight excluding hydrogens is 249 g/mol. The van der Waals surface area contributed by atoms with Crippen LogP contribution < -0.4 is 0 Å². The third kappa shape index (κ3) is 3.18. The lowest BCUT2D eigenvalue weighted by molar-refractivity contribution is 0.791. The lowest BCUT2D eigenvalue weighted by Crippen LogP contribution is -1.87. The van der Waals surface area contributed by atoms with Crippen molar-refractivity contribution in [3.63, 3.8) is 0 Å². The first-order valence-corrected chi connectivity index (χ1v) is 5.01. The van der Waals surface area contributed by atoms with Crippen LogP contribution in [0.15, 0.2) is 18.3 Å². The fraction of sp³-hybridized carbons (Fsp3) is 0.444. The van der Waals surface area contributed by atoms with Crippen molar-refractivity contribution in [2.45, 2.75) is 26.2 Å². The second kappa shape index (κ2) is 4.70. The van der Waals surface area contributed by atoms with Gasteiger partial charge in [-0.25, -0.2) is 0 Å². The normalized spacial score (nSPS) is 10.0. The Morgan fingerprint density at radius 3 is 2.82 bits per heavy atom. The van der Waals surface area contributed by atoms with Gasteiger partial charge in [0.15, 0.2) is 0 Å². The summed E-state index contributed by atoms with van der Waals surface area (Å²) in [6.07, 6.45) is 5.66. The summed E-state index contributed by atoms with van der Waals surface area (Å²) < 4.78 is 1.07. The average molecular weight is 261 g/mol. The van der Waals surface area contributed by atoms with E-state index in [2.05, 4.69) is 46.6 Å². The lowest BCUT2D eigenvalue weighted by Gasteiger charge is -1.97. The number of hydrogen-bond acceptors (Lipinski definition) is 1. The maximum absolute atomic E-state index is 4.22. The molecule has 2 heteroatoms. The van der Waals surface area contributed by atoms with Gasteiger partial charge in [-0.1, -0.05) is 19.4 Å². The zero-order valence-corrected chi connectivity index (χ0v) is 8.84. The minimum absolute atomic E-state index is 1.07. The summed E-state index contributed by atoms with van der Waals surface area (Å²) in [6.45, 7) is 2.21. The molecule has 0 radical (unpaired) electrons. The Morgan fingerprint density at radius 2 is 2.27 bits per heavy atom. The Hall–Kier alpha value is -0.120. The molecule has 1 heterocycles. The van der Waals surface area contributed by atoms with E-state index in [0.29, 0.717) is 0 Å². The van der Waals surface area contributed by atoms with Gasteiger partial charge >= 0.3 is 0 Å². The molecule has 1 aromatic rings. The standard InChI is InChI=1S/C9H12IN/c1-2-3-4-8-5-6-9(10)11-7-8/h5-7H,2-4H2,1H3. The molecule has 0 N–H and O–H groups in total. The molecule has 0 aliphatic rings. The number of halogens is 1. The Bertz CT molecular complexity index is 205. The monoisotopic (exact) mass is 261 g/mol. The van der Waals surface area contributed by atoms with Gasteiger partial charge in [-0.2, -0.15) is 0 Å². The summed E-state index contributed by atoms with van der Waals surface area (Å²) in [5, 5.41) is 0. The van der Waals surface area contributed by atoms with Gasteiger partial charge in [-0.3, -0.25) is 4.98 Å². The zero-order valence-electron chi connectivity index (χ0n) is 6.68. The first-order valence-electron chi connectivity index (χ1n) is 3.93. The molecule has 0 spiro atoms. The largest absolute Gasteiger partial charge is 0.250 e. The summed E-state index contributed by atoms with van der Waals surface area (Å²) in [7, 11) is 0. The van der Waals surface area contributed by atoms with Gasteiger partial charge in [0, 0.05) is 6.20 Å². The molecule has 0 unspecified atom stereocenters. The van der Waals surface area contributed by atoms with Crippen LogP contribution in [0.5, 0.6) is 0 Å². The van der Waals surface area contributed by atoms with Gasteiger partial charge in [0.2, 0.25) is 0 Å². The van der Waals surface area contributed by atoms with Gasteiger partial charge in [0.1, 0.15) is 3.70 Å². The van der Waals surface area contributed by atoms with E-state index in [9.17, 15) is 0 Å². The summed E-state index contributed by atoms with van der Waals surface area (Å²) in [5.41, 5.74) is 1.35. The lowest BCUT2D eigenvalue weighted by atomic mass is 10.1. The highest BCUT2D eigenvalue weighted by molar-refractivity contribution is 14.1. The number of hydrogen-bond donors (Lipinski definition) is 0. The molecule has 1 aromatic heterocycles. The quantitative estimate of drug-likeness (QED) is 0.602. The number of unbranched alkanes of at least 4 members (excludes halogenated alkanes) is 1. The fourth-order valence-electron chi connectivity index (χ4n) is 0.935. The van der Waals surface area contributed by atoms with Crippen molar-refractivity contribution in [2.75, 3.05) is 0 Å². The first-order chi connectivity index (χ1) is 5.33. The van der Waals surface area contributed by atoms with Gasteiger partial charge in [0.25, 0.3) is 0 Å². The molecule has 0 aliphatic heterocycles. The van der Waals surface area contributed by atoms with E-state index in [4.69, 9.17) is 0 Å². The van der Waals surface area contributed by atoms with E-state index < -0.39 is 0 Å². The van der Waals surface area contributed by atoms with Crippen LogP contribution in [0.3, 0.4) is 0 Å². The molecule has 1 nitrogen and oxygen atoms in total. The van der Waals surface area contributed by atoms with Crippen LogP contribution in [0.1, 0.15) is 25.3 Å². The van der Waals surface area contributed by atoms with Crippen molar-refractivity contribution < 1.29 is 0 Å². The predicted octanol–water partition coefficient (Wildman–Crippen LogP) is 3.03. The van der Waals surface area contributed by atoms with E-state index in [1.165, 1.54) is 24.8 Å². The Kier molecular flexibility index (Phi) is 3.83. The molecule has 0 atom stereocenters. The third-order valence-corrected chi connectivity index (χ3v) is 2.25. The summed E-state index contributed by atoms with van der Waals surface area (Å²) in [6, 6.07) is 4.22. The minimum atomic E-state index is 1.07. The SMILES string of the molecule is CCCCc1ccc(I)nc1. The van der Waals surface area contributed by atoms with Gasteiger partial charge in [0.05, 0.1) is 0 Å². The number of aromatic nitrogens is 1. The first kappa shape index (κ1) is 8.97. The molecule has 0 amide bonds. The van der Waals surface area contributed by atoms with Crippen molar-refractivity contribution in [1.29, 1.82) is 0 Å². The fourth-order valence-corrected chi connectivity index (χ4v) is 1.25. The van der Waals surface area contributed by atoms with Crippen LogP contribution in [0.25, 0.3) is 0 Å². The molecule has 0 aromatic carbocycles. The molecule has 60 valence electrons. The van der Waals surface area contributed by atoms with Crippen molar-refractivity contribution >= 4 is 22.6 Å². The maximum Gasteiger partial charge on any atom is 0.101 e. The van der Waals surface area contributed by atoms with Crippen LogP contribution in [0.2, 0.25) is 0 Å². The number of pyridine rings is 1. The van der Waals surface area contributed by atoms with Crippen molar-refractivity contribution in [3.8, 4) is 0 Å². The van der Waals surface area contributed by atoms with E-state index in [1.807, 2.05) is 6.20 Å². The topological polar surface area (TPSA) is 12.9 Å². The number of nitrogens with zero attached hydrogens (tertiary/aromatic N) is 1. The zero-order chi connectivity index (χ0) is 8.10. The molecule has 0 saturated heterocycles. The Balaban J connectivity index is 2.52. The molecule has 1 rings (SSSR count). The highest BCUT2D eigenvalue weighted by Crippen LogP contribution is 2.05. The Morgan fingerprint density at radius 1 is 1.45 bits per heavy atom. The van der Waals surface area contributed by atoms with Crippen molar-refractivity contribution in [1.82, 2.24) is 4.98 Å². The smallest absolute Gasteiger partial charge is 0.101 e. The van der Waals surface area contributed by atoms with Gasteiger partial charge in [-0.15, -0.1) is 0 Å². The highest BCUT2D eigenvalue weighted by atomic mass is 127. The molecule has 0 saturated carbocycles. The highest BCUT2D eigenvalue weighted by Gasteiger charge is 1.91. The van der Waals surface area contributed by atoms with E-state index in [1.54, 1.807) is 0 Å². The molecule has 0 fully saturated rings. The van der Waals surface area contributed by atoms with Gasteiger partial charge < -0.3 is 0 Å². The van der Waals surface area contributed by atoms with E-state index >= 15 is 0 Å². The molecular formula is C9H12IN. The van der Waals surface area contributed by atoms with E-state index in [0.717, 1.165) is 3.70 Å². The number of aryl methyl sites for hydroxylation is 1. The third-order valence-electron chi connectivity index (χ3n) is 1.61. The molecule has 0 bridgehead atoms. The van der Waals surface area contributed by atoms with Crippen LogP contribution in [-0.4, -0.2) is 4.98 Å². The second-order valence-electron chi connectivity index (χ2n) is 2.59. The van der Waals surface area contributed by atoms with E-state index in [-0.39, 0.29) is 0 Å². The number of rotatable bonds is 3. The van der Waals surface area contributed by atoms with Crippen LogP contribution in [0.4, 0.5) is 0 Å². The van der Waals surface area contributed by atoms with Crippen molar-refractivity contribution in [3.05, 3.63) is 27.6 Å². The Labute approximate surface area is 81.4 Å². The summed E-state index contributed by atoms with van der Waals surface area (Å²) >= 11 is 2.22. The van der Waals surface area contributed by atoms with Crippen LogP contribution >= 0.6 is 22.6 Å². The predicted molar refractivity (Wildman–Crippen MR) is 55.6 cm³/mol. The second-order valence-corrected chi connectivity index (χ2v) is 3.70. The summed E-state index contributed by atoms with van der Waals surface area (Å²) in [5.74, 6) is 0. The maximum atomic E-state index is 4.22. The van der Waals surface area contributed by atoms with Gasteiger partial charge in [-0.05, 0) is 47.1 Å². The van der Waals surface area contributed by atoms with Crippen LogP contribution in [-0.2, 0) is 6.42 Å². The molecule has 0 aliphatic carbocycles. The molecule has 11 heavy (non-hydrogen) atoms. The van der Waals surface area contributed by atoms with Crippen LogP contribution in [0, 0.1) is 3.70 Å². The average Bonchev–Trinajstić information content (AvgIpc) is 2.04. The van der Waals surface area contributed by atoms with Crippen molar-refractivity contribution in [2.24, 2.45) is 0 Å². The summed E-state index contributed by atoms with van der Waals surface area (Å²) in [4.78, 5) is 4.22. The minimum Gasteiger partial charge on any atom is -0.250 e.